The Morgan fingerprint density at radius 2 is 2.04 bits per heavy atom. The van der Waals surface area contributed by atoms with Crippen LogP contribution in [0.15, 0.2) is 35.1 Å². The molecular formula is C17H21BrN4O. The van der Waals surface area contributed by atoms with Gasteiger partial charge in [0.15, 0.2) is 0 Å². The molecule has 23 heavy (non-hydrogen) atoms. The van der Waals surface area contributed by atoms with Crippen LogP contribution in [0.3, 0.4) is 0 Å². The number of hydrogen-bond acceptors (Lipinski definition) is 4. The number of carbonyl (C=O) groups is 1. The molecule has 1 aromatic carbocycles. The summed E-state index contributed by atoms with van der Waals surface area (Å²) >= 11 is 3.47. The predicted molar refractivity (Wildman–Crippen MR) is 96.0 cm³/mol. The van der Waals surface area contributed by atoms with Crippen LogP contribution in [0.1, 0.15) is 36.3 Å². The zero-order chi connectivity index (χ0) is 16.8. The number of aromatic nitrogens is 2. The number of nitrogens with zero attached hydrogens (tertiary/aromatic N) is 2. The second kappa shape index (κ2) is 8.06. The second-order valence-corrected chi connectivity index (χ2v) is 6.67. The van der Waals surface area contributed by atoms with Gasteiger partial charge in [0.05, 0.1) is 0 Å². The van der Waals surface area contributed by atoms with Gasteiger partial charge in [0, 0.05) is 22.8 Å². The molecule has 0 saturated heterocycles. The van der Waals surface area contributed by atoms with E-state index < -0.39 is 0 Å². The Balaban J connectivity index is 2.04. The number of carbonyl (C=O) groups excluding carboxylic acids is 1. The van der Waals surface area contributed by atoms with E-state index >= 15 is 0 Å². The molecule has 5 nitrogen and oxygen atoms in total. The highest BCUT2D eigenvalue weighted by Crippen LogP contribution is 2.22. The number of amides is 1. The van der Waals surface area contributed by atoms with Crippen LogP contribution in [0.4, 0.5) is 11.5 Å². The van der Waals surface area contributed by atoms with Crippen LogP contribution >= 0.6 is 15.9 Å². The lowest BCUT2D eigenvalue weighted by Gasteiger charge is -2.09. The van der Waals surface area contributed by atoms with Gasteiger partial charge in [0.25, 0.3) is 5.91 Å². The van der Waals surface area contributed by atoms with Gasteiger partial charge in [-0.1, -0.05) is 29.8 Å². The van der Waals surface area contributed by atoms with Crippen molar-refractivity contribution in [3.8, 4) is 0 Å². The first kappa shape index (κ1) is 17.4. The van der Waals surface area contributed by atoms with Gasteiger partial charge in [-0.05, 0) is 43.0 Å². The minimum absolute atomic E-state index is 0.178. The molecule has 0 saturated carbocycles. The summed E-state index contributed by atoms with van der Waals surface area (Å²) in [6, 6.07) is 7.58. The third-order valence-electron chi connectivity index (χ3n) is 3.34. The Bertz CT molecular complexity index is 688. The van der Waals surface area contributed by atoms with E-state index in [4.69, 9.17) is 0 Å². The maximum absolute atomic E-state index is 12.1. The van der Waals surface area contributed by atoms with Crippen molar-refractivity contribution in [1.29, 1.82) is 0 Å². The molecule has 1 aromatic heterocycles. The first-order chi connectivity index (χ1) is 11.0. The Hall–Kier alpha value is -1.95. The van der Waals surface area contributed by atoms with Crippen molar-refractivity contribution in [3.05, 3.63) is 46.3 Å². The van der Waals surface area contributed by atoms with E-state index in [0.717, 1.165) is 22.1 Å². The minimum Gasteiger partial charge on any atom is -0.351 e. The average molecular weight is 377 g/mol. The fraction of sp³-hybridized carbons (Fsp3) is 0.353. The van der Waals surface area contributed by atoms with Gasteiger partial charge in [-0.3, -0.25) is 4.79 Å². The molecule has 2 rings (SSSR count). The summed E-state index contributed by atoms with van der Waals surface area (Å²) in [5.41, 5.74) is 2.39. The van der Waals surface area contributed by atoms with E-state index in [1.54, 1.807) is 6.07 Å². The lowest BCUT2D eigenvalue weighted by atomic mass is 10.1. The molecule has 1 amide bonds. The molecule has 2 aromatic rings. The molecule has 2 N–H and O–H groups in total. The van der Waals surface area contributed by atoms with Gasteiger partial charge < -0.3 is 10.6 Å². The van der Waals surface area contributed by atoms with E-state index in [2.05, 4.69) is 50.4 Å². The lowest BCUT2D eigenvalue weighted by molar-refractivity contribution is 0.0947. The Labute approximate surface area is 145 Å². The summed E-state index contributed by atoms with van der Waals surface area (Å²) in [7, 11) is 0. The van der Waals surface area contributed by atoms with Crippen LogP contribution in [0.5, 0.6) is 0 Å². The zero-order valence-electron chi connectivity index (χ0n) is 13.6. The van der Waals surface area contributed by atoms with Crippen LogP contribution in [0, 0.1) is 12.8 Å². The standard InChI is InChI=1S/C17H21BrN4O/c1-11(2)6-7-19-17(23)15-9-16(21-10-20-15)22-13-4-5-14(18)12(3)8-13/h4-5,8-11H,6-7H2,1-3H3,(H,19,23)(H,20,21,22). The fourth-order valence-corrected chi connectivity index (χ4v) is 2.23. The molecule has 122 valence electrons. The first-order valence-corrected chi connectivity index (χ1v) is 8.38. The molecule has 0 aliphatic heterocycles. The monoisotopic (exact) mass is 376 g/mol. The summed E-state index contributed by atoms with van der Waals surface area (Å²) in [6.45, 7) is 6.91. The highest BCUT2D eigenvalue weighted by molar-refractivity contribution is 9.10. The van der Waals surface area contributed by atoms with Crippen LogP contribution in [0.25, 0.3) is 0 Å². The van der Waals surface area contributed by atoms with Crippen LogP contribution < -0.4 is 10.6 Å². The van der Waals surface area contributed by atoms with Gasteiger partial charge in [0.1, 0.15) is 17.8 Å². The molecule has 0 bridgehead atoms. The maximum atomic E-state index is 12.1. The van der Waals surface area contributed by atoms with Gasteiger partial charge in [-0.15, -0.1) is 0 Å². The third-order valence-corrected chi connectivity index (χ3v) is 4.23. The van der Waals surface area contributed by atoms with Crippen molar-refractivity contribution >= 4 is 33.3 Å². The molecule has 1 heterocycles. The average Bonchev–Trinajstić information content (AvgIpc) is 2.51. The highest BCUT2D eigenvalue weighted by atomic mass is 79.9. The number of aryl methyl sites for hydroxylation is 1. The number of benzene rings is 1. The SMILES string of the molecule is Cc1cc(Nc2cc(C(=O)NCCC(C)C)ncn2)ccc1Br. The summed E-state index contributed by atoms with van der Waals surface area (Å²) in [5, 5.41) is 6.06. The van der Waals surface area contributed by atoms with Gasteiger partial charge in [0.2, 0.25) is 0 Å². The summed E-state index contributed by atoms with van der Waals surface area (Å²) in [5.74, 6) is 0.970. The smallest absolute Gasteiger partial charge is 0.270 e. The number of rotatable bonds is 6. The van der Waals surface area contributed by atoms with E-state index in [9.17, 15) is 4.79 Å². The Morgan fingerprint density at radius 3 is 2.74 bits per heavy atom. The highest BCUT2D eigenvalue weighted by Gasteiger charge is 2.09. The van der Waals surface area contributed by atoms with Crippen molar-refractivity contribution in [1.82, 2.24) is 15.3 Å². The van der Waals surface area contributed by atoms with Gasteiger partial charge in [-0.25, -0.2) is 9.97 Å². The lowest BCUT2D eigenvalue weighted by Crippen LogP contribution is -2.26. The summed E-state index contributed by atoms with van der Waals surface area (Å²) in [4.78, 5) is 20.3. The van der Waals surface area contributed by atoms with Gasteiger partial charge >= 0.3 is 0 Å². The molecule has 0 atom stereocenters. The number of halogens is 1. The summed E-state index contributed by atoms with van der Waals surface area (Å²) in [6.07, 6.45) is 2.34. The van der Waals surface area contributed by atoms with Gasteiger partial charge in [-0.2, -0.15) is 0 Å². The largest absolute Gasteiger partial charge is 0.351 e. The van der Waals surface area contributed by atoms with E-state index in [1.165, 1.54) is 6.33 Å². The van der Waals surface area contributed by atoms with Crippen molar-refractivity contribution in [2.75, 3.05) is 11.9 Å². The van der Waals surface area contributed by atoms with Crippen LogP contribution in [-0.4, -0.2) is 22.4 Å². The molecular weight excluding hydrogens is 356 g/mol. The minimum atomic E-state index is -0.178. The Kier molecular flexibility index (Phi) is 6.10. The predicted octanol–water partition coefficient (Wildman–Crippen LogP) is 4.07. The third kappa shape index (κ3) is 5.32. The quantitative estimate of drug-likeness (QED) is 0.797. The topological polar surface area (TPSA) is 66.9 Å². The fourth-order valence-electron chi connectivity index (χ4n) is 1.99. The number of anilines is 2. The molecule has 0 fully saturated rings. The Morgan fingerprint density at radius 1 is 1.26 bits per heavy atom. The summed E-state index contributed by atoms with van der Waals surface area (Å²) < 4.78 is 1.05. The van der Waals surface area contributed by atoms with E-state index in [-0.39, 0.29) is 5.91 Å². The zero-order valence-corrected chi connectivity index (χ0v) is 15.1. The van der Waals surface area contributed by atoms with Crippen LogP contribution in [0.2, 0.25) is 0 Å². The molecule has 0 radical (unpaired) electrons. The van der Waals surface area contributed by atoms with E-state index in [0.29, 0.717) is 24.0 Å². The molecule has 0 aliphatic rings. The van der Waals surface area contributed by atoms with E-state index in [1.807, 2.05) is 25.1 Å². The second-order valence-electron chi connectivity index (χ2n) is 5.82. The number of hydrogen-bond donors (Lipinski definition) is 2. The first-order valence-electron chi connectivity index (χ1n) is 7.59. The van der Waals surface area contributed by atoms with Crippen molar-refractivity contribution < 1.29 is 4.79 Å². The molecule has 0 spiro atoms. The number of nitrogens with one attached hydrogen (secondary N) is 2. The molecule has 0 aliphatic carbocycles. The molecule has 0 unspecified atom stereocenters. The maximum Gasteiger partial charge on any atom is 0.270 e. The van der Waals surface area contributed by atoms with Crippen LogP contribution in [-0.2, 0) is 0 Å². The van der Waals surface area contributed by atoms with Crippen molar-refractivity contribution in [2.24, 2.45) is 5.92 Å². The van der Waals surface area contributed by atoms with Crippen molar-refractivity contribution in [3.63, 3.8) is 0 Å². The van der Waals surface area contributed by atoms with Crippen molar-refractivity contribution in [2.45, 2.75) is 27.2 Å². The molecule has 6 heteroatoms. The normalized spacial score (nSPS) is 10.7.